The lowest BCUT2D eigenvalue weighted by molar-refractivity contribution is 0.624. The van der Waals surface area contributed by atoms with Gasteiger partial charge in [0, 0.05) is 10.5 Å². The molecule has 66 valence electrons. The molecule has 1 rings (SSSR count). The highest BCUT2D eigenvalue weighted by molar-refractivity contribution is 9.10. The molecule has 0 aliphatic carbocycles. The van der Waals surface area contributed by atoms with Crippen LogP contribution >= 0.6 is 15.9 Å². The predicted octanol–water partition coefficient (Wildman–Crippen LogP) is 2.48. The molecule has 0 saturated heterocycles. The van der Waals surface area contributed by atoms with Crippen LogP contribution in [-0.4, -0.2) is 6.04 Å². The molecule has 1 atom stereocenters. The van der Waals surface area contributed by atoms with Crippen molar-refractivity contribution in [1.82, 2.24) is 0 Å². The summed E-state index contributed by atoms with van der Waals surface area (Å²) in [5, 5.41) is 0. The Morgan fingerprint density at radius 3 is 2.75 bits per heavy atom. The van der Waals surface area contributed by atoms with Crippen LogP contribution in [0.15, 0.2) is 22.7 Å². The summed E-state index contributed by atoms with van der Waals surface area (Å²) in [6, 6.07) is 4.76. The lowest BCUT2D eigenvalue weighted by Gasteiger charge is -2.06. The van der Waals surface area contributed by atoms with E-state index >= 15 is 0 Å². The minimum atomic E-state index is -0.227. The zero-order valence-corrected chi connectivity index (χ0v) is 8.44. The second-order valence-electron chi connectivity index (χ2n) is 2.92. The summed E-state index contributed by atoms with van der Waals surface area (Å²) < 4.78 is 13.4. The van der Waals surface area contributed by atoms with Gasteiger partial charge in [0.1, 0.15) is 5.82 Å². The normalized spacial score (nSPS) is 13.0. The molecule has 0 aromatic heterocycles. The maximum Gasteiger partial charge on any atom is 0.124 e. The number of rotatable bonds is 2. The van der Waals surface area contributed by atoms with E-state index in [1.807, 2.05) is 6.92 Å². The van der Waals surface area contributed by atoms with Crippen molar-refractivity contribution < 1.29 is 4.39 Å². The van der Waals surface area contributed by atoms with E-state index in [0.29, 0.717) is 0 Å². The van der Waals surface area contributed by atoms with Gasteiger partial charge in [-0.1, -0.05) is 22.0 Å². The summed E-state index contributed by atoms with van der Waals surface area (Å²) in [6.07, 6.45) is 0.765. The van der Waals surface area contributed by atoms with Crippen molar-refractivity contribution in [1.29, 1.82) is 0 Å². The van der Waals surface area contributed by atoms with Gasteiger partial charge in [-0.2, -0.15) is 0 Å². The molecule has 1 nitrogen and oxygen atoms in total. The number of nitrogens with two attached hydrogens (primary N) is 1. The first kappa shape index (κ1) is 9.68. The molecule has 12 heavy (non-hydrogen) atoms. The standard InChI is InChI=1S/C9H11BrFN/c1-6(12)4-7-2-3-8(11)5-9(7)10/h2-3,5-6H,4,12H2,1H3/t6-/m1/s1. The van der Waals surface area contributed by atoms with Gasteiger partial charge < -0.3 is 5.73 Å². The van der Waals surface area contributed by atoms with Crippen LogP contribution in [0.2, 0.25) is 0 Å². The molecule has 0 fully saturated rings. The van der Waals surface area contributed by atoms with Gasteiger partial charge in [-0.15, -0.1) is 0 Å². The molecule has 0 radical (unpaired) electrons. The highest BCUT2D eigenvalue weighted by Crippen LogP contribution is 2.18. The molecule has 3 heteroatoms. The van der Waals surface area contributed by atoms with Crippen molar-refractivity contribution in [3.63, 3.8) is 0 Å². The quantitative estimate of drug-likeness (QED) is 0.832. The Morgan fingerprint density at radius 1 is 1.58 bits per heavy atom. The molecule has 0 amide bonds. The highest BCUT2D eigenvalue weighted by Gasteiger charge is 2.03. The summed E-state index contributed by atoms with van der Waals surface area (Å²) in [6.45, 7) is 1.93. The van der Waals surface area contributed by atoms with Crippen molar-refractivity contribution in [3.05, 3.63) is 34.1 Å². The van der Waals surface area contributed by atoms with E-state index in [1.54, 1.807) is 6.07 Å². The third-order valence-electron chi connectivity index (χ3n) is 1.56. The van der Waals surface area contributed by atoms with Crippen LogP contribution in [0.4, 0.5) is 4.39 Å². The molecule has 0 aliphatic rings. The topological polar surface area (TPSA) is 26.0 Å². The van der Waals surface area contributed by atoms with Gasteiger partial charge in [-0.05, 0) is 31.0 Å². The van der Waals surface area contributed by atoms with E-state index in [1.165, 1.54) is 12.1 Å². The third kappa shape index (κ3) is 2.57. The summed E-state index contributed by atoms with van der Waals surface area (Å²) >= 11 is 3.28. The first-order valence-electron chi connectivity index (χ1n) is 3.79. The van der Waals surface area contributed by atoms with E-state index in [-0.39, 0.29) is 11.9 Å². The first-order chi connectivity index (χ1) is 5.59. The number of hydrogen-bond acceptors (Lipinski definition) is 1. The predicted molar refractivity (Wildman–Crippen MR) is 51.5 cm³/mol. The van der Waals surface area contributed by atoms with Gasteiger partial charge in [0.05, 0.1) is 0 Å². The van der Waals surface area contributed by atoms with Crippen molar-refractivity contribution in [2.75, 3.05) is 0 Å². The van der Waals surface area contributed by atoms with E-state index < -0.39 is 0 Å². The zero-order valence-electron chi connectivity index (χ0n) is 6.85. The van der Waals surface area contributed by atoms with Crippen LogP contribution in [0.3, 0.4) is 0 Å². The molecule has 1 aromatic rings. The lowest BCUT2D eigenvalue weighted by Crippen LogP contribution is -2.17. The molecule has 0 saturated carbocycles. The van der Waals surface area contributed by atoms with Gasteiger partial charge in [0.2, 0.25) is 0 Å². The van der Waals surface area contributed by atoms with E-state index in [9.17, 15) is 4.39 Å². The summed E-state index contributed by atoms with van der Waals surface area (Å²) in [5.74, 6) is -0.227. The molecule has 0 spiro atoms. The fourth-order valence-corrected chi connectivity index (χ4v) is 1.55. The molecule has 1 aromatic carbocycles. The Bertz CT molecular complexity index is 273. The second kappa shape index (κ2) is 4.01. The van der Waals surface area contributed by atoms with Crippen LogP contribution in [0.5, 0.6) is 0 Å². The van der Waals surface area contributed by atoms with E-state index in [4.69, 9.17) is 5.73 Å². The number of hydrogen-bond donors (Lipinski definition) is 1. The minimum absolute atomic E-state index is 0.103. The molecule has 0 heterocycles. The Balaban J connectivity index is 2.86. The van der Waals surface area contributed by atoms with Crippen molar-refractivity contribution in [3.8, 4) is 0 Å². The fourth-order valence-electron chi connectivity index (χ4n) is 1.03. The Kier molecular flexibility index (Phi) is 3.23. The monoisotopic (exact) mass is 231 g/mol. The lowest BCUT2D eigenvalue weighted by atomic mass is 10.1. The van der Waals surface area contributed by atoms with Gasteiger partial charge in [-0.3, -0.25) is 0 Å². The Morgan fingerprint density at radius 2 is 2.25 bits per heavy atom. The fraction of sp³-hybridized carbons (Fsp3) is 0.333. The van der Waals surface area contributed by atoms with Crippen LogP contribution in [0, 0.1) is 5.82 Å². The molecule has 2 N–H and O–H groups in total. The maximum absolute atomic E-state index is 12.6. The molecular weight excluding hydrogens is 221 g/mol. The highest BCUT2D eigenvalue weighted by atomic mass is 79.9. The van der Waals surface area contributed by atoms with Crippen LogP contribution < -0.4 is 5.73 Å². The van der Waals surface area contributed by atoms with Gasteiger partial charge in [0.25, 0.3) is 0 Å². The van der Waals surface area contributed by atoms with Crippen molar-refractivity contribution >= 4 is 15.9 Å². The third-order valence-corrected chi connectivity index (χ3v) is 2.30. The number of halogens is 2. The average Bonchev–Trinajstić information content (AvgIpc) is 1.94. The van der Waals surface area contributed by atoms with Gasteiger partial charge >= 0.3 is 0 Å². The number of benzene rings is 1. The molecule has 0 bridgehead atoms. The van der Waals surface area contributed by atoms with Crippen LogP contribution in [0.1, 0.15) is 12.5 Å². The smallest absolute Gasteiger partial charge is 0.124 e. The summed E-state index contributed by atoms with van der Waals surface area (Å²) in [5.41, 5.74) is 6.66. The summed E-state index contributed by atoms with van der Waals surface area (Å²) in [7, 11) is 0. The van der Waals surface area contributed by atoms with Crippen molar-refractivity contribution in [2.24, 2.45) is 5.73 Å². The van der Waals surface area contributed by atoms with Crippen molar-refractivity contribution in [2.45, 2.75) is 19.4 Å². The Hall–Kier alpha value is -0.410. The van der Waals surface area contributed by atoms with E-state index in [2.05, 4.69) is 15.9 Å². The molecule has 0 unspecified atom stereocenters. The first-order valence-corrected chi connectivity index (χ1v) is 4.58. The largest absolute Gasteiger partial charge is 0.328 e. The Labute approximate surface area is 79.9 Å². The molecular formula is C9H11BrFN. The van der Waals surface area contributed by atoms with Gasteiger partial charge in [0.15, 0.2) is 0 Å². The average molecular weight is 232 g/mol. The SMILES string of the molecule is C[C@@H](N)Cc1ccc(F)cc1Br. The zero-order chi connectivity index (χ0) is 9.14. The summed E-state index contributed by atoms with van der Waals surface area (Å²) in [4.78, 5) is 0. The minimum Gasteiger partial charge on any atom is -0.328 e. The van der Waals surface area contributed by atoms with E-state index in [0.717, 1.165) is 16.5 Å². The maximum atomic E-state index is 12.6. The molecule has 0 aliphatic heterocycles. The van der Waals surface area contributed by atoms with Crippen LogP contribution in [-0.2, 0) is 6.42 Å². The van der Waals surface area contributed by atoms with Gasteiger partial charge in [-0.25, -0.2) is 4.39 Å². The van der Waals surface area contributed by atoms with Crippen LogP contribution in [0.25, 0.3) is 0 Å². The second-order valence-corrected chi connectivity index (χ2v) is 3.77.